The molecule has 7 heteroatoms. The smallest absolute Gasteiger partial charge is 0.295 e. The molecular weight excluding hydrogens is 351 g/mol. The third-order valence-electron chi connectivity index (χ3n) is 3.60. The van der Waals surface area contributed by atoms with E-state index in [2.05, 4.69) is 21.2 Å². The number of alkyl halides is 2. The molecule has 0 aliphatic carbocycles. The molecule has 1 N–H and O–H groups in total. The van der Waals surface area contributed by atoms with Crippen LogP contribution in [0.4, 0.5) is 13.2 Å². The molecule has 0 bridgehead atoms. The summed E-state index contributed by atoms with van der Waals surface area (Å²) in [6, 6.07) is 2.54. The first-order chi connectivity index (χ1) is 9.56. The molecule has 1 aliphatic heterocycles. The van der Waals surface area contributed by atoms with Crippen molar-refractivity contribution in [1.29, 1.82) is 0 Å². The number of amides is 1. The molecule has 0 aromatic heterocycles. The van der Waals surface area contributed by atoms with Gasteiger partial charge in [0.15, 0.2) is 6.10 Å². The Hall–Kier alpha value is -1.08. The normalized spacial score (nSPS) is 27.9. The Balaban J connectivity index is 2.49. The minimum atomic E-state index is -3.29. The van der Waals surface area contributed by atoms with Gasteiger partial charge in [0, 0.05) is 10.0 Å². The van der Waals surface area contributed by atoms with Crippen LogP contribution in [-0.2, 0) is 9.53 Å². The van der Waals surface area contributed by atoms with Crippen LogP contribution in [0.5, 0.6) is 0 Å². The van der Waals surface area contributed by atoms with Gasteiger partial charge in [-0.2, -0.15) is 0 Å². The Morgan fingerprint density at radius 2 is 1.95 bits per heavy atom. The van der Waals surface area contributed by atoms with Crippen molar-refractivity contribution >= 4 is 21.8 Å². The Morgan fingerprint density at radius 1 is 1.33 bits per heavy atom. The van der Waals surface area contributed by atoms with Gasteiger partial charge in [0.05, 0.1) is 6.04 Å². The van der Waals surface area contributed by atoms with Crippen LogP contribution in [0.25, 0.3) is 0 Å². The van der Waals surface area contributed by atoms with Gasteiger partial charge in [-0.15, -0.1) is 0 Å². The summed E-state index contributed by atoms with van der Waals surface area (Å²) in [7, 11) is 0. The molecule has 3 nitrogen and oxygen atoms in total. The lowest BCUT2D eigenvalue weighted by atomic mass is 9.94. The minimum Gasteiger partial charge on any atom is -0.351 e. The summed E-state index contributed by atoms with van der Waals surface area (Å²) in [6.07, 6.45) is -1.44. The van der Waals surface area contributed by atoms with Gasteiger partial charge >= 0.3 is 0 Å². The molecule has 1 amide bonds. The minimum absolute atomic E-state index is 0.0835. The van der Waals surface area contributed by atoms with E-state index in [4.69, 9.17) is 4.74 Å². The van der Waals surface area contributed by atoms with Gasteiger partial charge < -0.3 is 10.1 Å². The molecule has 0 radical (unpaired) electrons. The summed E-state index contributed by atoms with van der Waals surface area (Å²) in [5, 5.41) is 2.19. The van der Waals surface area contributed by atoms with E-state index in [1.165, 1.54) is 32.9 Å². The maximum Gasteiger partial charge on any atom is 0.295 e. The molecule has 116 valence electrons. The van der Waals surface area contributed by atoms with Crippen molar-refractivity contribution in [3.8, 4) is 0 Å². The van der Waals surface area contributed by atoms with Gasteiger partial charge in [-0.3, -0.25) is 4.79 Å². The maximum absolute atomic E-state index is 14.2. The average Bonchev–Trinajstić information content (AvgIpc) is 2.43. The number of carbonyl (C=O) groups is 1. The molecule has 1 fully saturated rings. The Bertz CT molecular complexity index is 577. The number of carbonyl (C=O) groups excluding carboxylic acids is 1. The van der Waals surface area contributed by atoms with Crippen molar-refractivity contribution in [1.82, 2.24) is 5.32 Å². The fraction of sp³-hybridized carbons (Fsp3) is 0.500. The Kier molecular flexibility index (Phi) is 4.10. The average molecular weight is 366 g/mol. The second-order valence-corrected chi connectivity index (χ2v) is 6.44. The molecule has 0 saturated carbocycles. The molecule has 1 aromatic carbocycles. The number of hydrogen-bond acceptors (Lipinski definition) is 2. The summed E-state index contributed by atoms with van der Waals surface area (Å²) < 4.78 is 48.2. The predicted octanol–water partition coefficient (Wildman–Crippen LogP) is 3.58. The lowest BCUT2D eigenvalue weighted by Crippen LogP contribution is -2.54. The highest BCUT2D eigenvalue weighted by molar-refractivity contribution is 9.10. The molecule has 1 heterocycles. The van der Waals surface area contributed by atoms with Gasteiger partial charge in [-0.25, -0.2) is 13.2 Å². The summed E-state index contributed by atoms with van der Waals surface area (Å²) in [4.78, 5) is 12.1. The van der Waals surface area contributed by atoms with Gasteiger partial charge in [0.2, 0.25) is 0 Å². The zero-order chi connectivity index (χ0) is 16.0. The van der Waals surface area contributed by atoms with Gasteiger partial charge in [-0.05, 0) is 39.0 Å². The van der Waals surface area contributed by atoms with Crippen LogP contribution in [0.3, 0.4) is 0 Å². The predicted molar refractivity (Wildman–Crippen MR) is 74.6 cm³/mol. The number of ether oxygens (including phenoxy) is 1. The highest BCUT2D eigenvalue weighted by Gasteiger charge is 2.57. The second kappa shape index (κ2) is 5.28. The number of hydrogen-bond donors (Lipinski definition) is 1. The Morgan fingerprint density at radius 3 is 2.57 bits per heavy atom. The van der Waals surface area contributed by atoms with E-state index in [-0.39, 0.29) is 5.56 Å². The maximum atomic E-state index is 14.2. The van der Waals surface area contributed by atoms with E-state index in [0.717, 1.165) is 6.07 Å². The van der Waals surface area contributed by atoms with Crippen LogP contribution in [-0.4, -0.2) is 23.5 Å². The van der Waals surface area contributed by atoms with Crippen LogP contribution in [0.2, 0.25) is 0 Å². The zero-order valence-corrected chi connectivity index (χ0v) is 13.3. The molecule has 2 rings (SSSR count). The monoisotopic (exact) mass is 365 g/mol. The standard InChI is InChI=1S/C14H15BrF3NO2/c1-7-14(17,18)13(2,3)21-11(12(20)19-7)9-6-8(15)4-5-10(9)16/h4-7,11H,1-3H3,(H,19,20). The van der Waals surface area contributed by atoms with Crippen LogP contribution in [0.15, 0.2) is 22.7 Å². The van der Waals surface area contributed by atoms with Crippen molar-refractivity contribution in [2.24, 2.45) is 0 Å². The molecule has 21 heavy (non-hydrogen) atoms. The second-order valence-electron chi connectivity index (χ2n) is 5.53. The van der Waals surface area contributed by atoms with E-state index in [1.807, 2.05) is 0 Å². The molecule has 0 spiro atoms. The fourth-order valence-corrected chi connectivity index (χ4v) is 2.63. The van der Waals surface area contributed by atoms with Crippen molar-refractivity contribution in [2.75, 3.05) is 0 Å². The molecular formula is C14H15BrF3NO2. The summed E-state index contributed by atoms with van der Waals surface area (Å²) in [5.41, 5.74) is -2.01. The Labute approximate surface area is 129 Å². The molecule has 1 aliphatic rings. The van der Waals surface area contributed by atoms with E-state index in [0.29, 0.717) is 4.47 Å². The first-order valence-corrected chi connectivity index (χ1v) is 7.16. The van der Waals surface area contributed by atoms with Crippen molar-refractivity contribution in [2.45, 2.75) is 44.4 Å². The SMILES string of the molecule is CC1NC(=O)C(c2cc(Br)ccc2F)OC(C)(C)C1(F)F. The number of rotatable bonds is 1. The lowest BCUT2D eigenvalue weighted by Gasteiger charge is -2.35. The third-order valence-corrected chi connectivity index (χ3v) is 4.09. The first kappa shape index (κ1) is 16.3. The van der Waals surface area contributed by atoms with E-state index in [1.54, 1.807) is 0 Å². The van der Waals surface area contributed by atoms with Crippen LogP contribution in [0, 0.1) is 5.82 Å². The van der Waals surface area contributed by atoms with E-state index < -0.39 is 35.4 Å². The highest BCUT2D eigenvalue weighted by atomic mass is 79.9. The number of benzene rings is 1. The van der Waals surface area contributed by atoms with Crippen LogP contribution < -0.4 is 5.32 Å². The summed E-state index contributed by atoms with van der Waals surface area (Å²) >= 11 is 3.16. The highest BCUT2D eigenvalue weighted by Crippen LogP contribution is 2.41. The van der Waals surface area contributed by atoms with Crippen LogP contribution >= 0.6 is 15.9 Å². The number of halogens is 4. The third kappa shape index (κ3) is 2.81. The van der Waals surface area contributed by atoms with Gasteiger partial charge in [-0.1, -0.05) is 15.9 Å². The summed E-state index contributed by atoms with van der Waals surface area (Å²) in [5.74, 6) is -4.77. The van der Waals surface area contributed by atoms with E-state index >= 15 is 0 Å². The quantitative estimate of drug-likeness (QED) is 0.825. The fourth-order valence-electron chi connectivity index (χ4n) is 2.25. The van der Waals surface area contributed by atoms with Crippen molar-refractivity contribution in [3.63, 3.8) is 0 Å². The number of nitrogens with one attached hydrogen (secondary N) is 1. The van der Waals surface area contributed by atoms with Gasteiger partial charge in [0.1, 0.15) is 11.4 Å². The van der Waals surface area contributed by atoms with Crippen molar-refractivity contribution < 1.29 is 22.7 Å². The van der Waals surface area contributed by atoms with Crippen LogP contribution in [0.1, 0.15) is 32.4 Å². The largest absolute Gasteiger partial charge is 0.351 e. The molecule has 1 aromatic rings. The van der Waals surface area contributed by atoms with Gasteiger partial charge in [0.25, 0.3) is 11.8 Å². The molecule has 2 unspecified atom stereocenters. The lowest BCUT2D eigenvalue weighted by molar-refractivity contribution is -0.208. The van der Waals surface area contributed by atoms with E-state index in [9.17, 15) is 18.0 Å². The molecule has 2 atom stereocenters. The zero-order valence-electron chi connectivity index (χ0n) is 11.7. The van der Waals surface area contributed by atoms with Crippen molar-refractivity contribution in [3.05, 3.63) is 34.1 Å². The topological polar surface area (TPSA) is 38.3 Å². The first-order valence-electron chi connectivity index (χ1n) is 6.37. The summed E-state index contributed by atoms with van der Waals surface area (Å²) in [6.45, 7) is 3.57. The molecule has 1 saturated heterocycles.